The number of nitrogens with zero attached hydrogens (tertiary/aromatic N) is 1. The average molecular weight is 180 g/mol. The fourth-order valence-electron chi connectivity index (χ4n) is 1.06. The van der Waals surface area contributed by atoms with Gasteiger partial charge in [-0.25, -0.2) is 4.39 Å². The van der Waals surface area contributed by atoms with Gasteiger partial charge in [-0.1, -0.05) is 6.92 Å². The molecule has 0 aliphatic rings. The summed E-state index contributed by atoms with van der Waals surface area (Å²) in [7, 11) is 1.80. The molecule has 0 fully saturated rings. The Bertz CT molecular complexity index is 292. The summed E-state index contributed by atoms with van der Waals surface area (Å²) in [5.41, 5.74) is 0.841. The Morgan fingerprint density at radius 3 is 2.38 bits per heavy atom. The first kappa shape index (κ1) is 9.71. The number of amidine groups is 1. The fourth-order valence-corrected chi connectivity index (χ4v) is 1.06. The molecule has 0 atom stereocenters. The third kappa shape index (κ3) is 2.28. The molecular formula is C10H13FN2. The van der Waals surface area contributed by atoms with E-state index in [2.05, 4.69) is 0 Å². The third-order valence-corrected chi connectivity index (χ3v) is 1.95. The van der Waals surface area contributed by atoms with Gasteiger partial charge in [0.25, 0.3) is 0 Å². The van der Waals surface area contributed by atoms with E-state index in [4.69, 9.17) is 5.41 Å². The molecular weight excluding hydrogens is 167 g/mol. The molecule has 1 N–H and O–H groups in total. The zero-order valence-corrected chi connectivity index (χ0v) is 7.84. The Hall–Kier alpha value is -1.38. The van der Waals surface area contributed by atoms with E-state index in [0.29, 0.717) is 12.3 Å². The minimum Gasteiger partial charge on any atom is -0.333 e. The Kier molecular flexibility index (Phi) is 3.01. The zero-order chi connectivity index (χ0) is 9.84. The number of hydrogen-bond acceptors (Lipinski definition) is 1. The van der Waals surface area contributed by atoms with Crippen LogP contribution in [-0.4, -0.2) is 12.9 Å². The van der Waals surface area contributed by atoms with Gasteiger partial charge in [0.1, 0.15) is 5.82 Å². The van der Waals surface area contributed by atoms with Crippen molar-refractivity contribution in [3.05, 3.63) is 30.1 Å². The molecule has 0 saturated carbocycles. The van der Waals surface area contributed by atoms with Crippen molar-refractivity contribution in [2.75, 3.05) is 11.9 Å². The Labute approximate surface area is 77.5 Å². The van der Waals surface area contributed by atoms with Crippen LogP contribution in [-0.2, 0) is 0 Å². The lowest BCUT2D eigenvalue weighted by Gasteiger charge is -2.18. The van der Waals surface area contributed by atoms with Crippen LogP contribution in [0.1, 0.15) is 13.3 Å². The van der Waals surface area contributed by atoms with Crippen LogP contribution in [0.15, 0.2) is 24.3 Å². The monoisotopic (exact) mass is 180 g/mol. The third-order valence-electron chi connectivity index (χ3n) is 1.95. The van der Waals surface area contributed by atoms with E-state index in [1.54, 1.807) is 24.1 Å². The highest BCUT2D eigenvalue weighted by molar-refractivity contribution is 5.94. The Morgan fingerprint density at radius 2 is 1.92 bits per heavy atom. The number of hydrogen-bond donors (Lipinski definition) is 1. The van der Waals surface area contributed by atoms with E-state index in [1.165, 1.54) is 12.1 Å². The van der Waals surface area contributed by atoms with Crippen LogP contribution >= 0.6 is 0 Å². The molecule has 0 aromatic heterocycles. The fraction of sp³-hybridized carbons (Fsp3) is 0.300. The molecule has 70 valence electrons. The second-order valence-corrected chi connectivity index (χ2v) is 2.84. The second-order valence-electron chi connectivity index (χ2n) is 2.84. The van der Waals surface area contributed by atoms with Crippen molar-refractivity contribution >= 4 is 11.5 Å². The van der Waals surface area contributed by atoms with Crippen LogP contribution in [0.25, 0.3) is 0 Å². The quantitative estimate of drug-likeness (QED) is 0.549. The number of halogens is 1. The van der Waals surface area contributed by atoms with Crippen LogP contribution in [0.5, 0.6) is 0 Å². The van der Waals surface area contributed by atoms with Gasteiger partial charge in [-0.2, -0.15) is 0 Å². The smallest absolute Gasteiger partial charge is 0.123 e. The van der Waals surface area contributed by atoms with Crippen molar-refractivity contribution in [3.63, 3.8) is 0 Å². The molecule has 0 bridgehead atoms. The minimum atomic E-state index is -0.250. The van der Waals surface area contributed by atoms with Gasteiger partial charge in [-0.3, -0.25) is 5.41 Å². The highest BCUT2D eigenvalue weighted by atomic mass is 19.1. The Morgan fingerprint density at radius 1 is 1.38 bits per heavy atom. The van der Waals surface area contributed by atoms with E-state index < -0.39 is 0 Å². The molecule has 3 heteroatoms. The van der Waals surface area contributed by atoms with Gasteiger partial charge >= 0.3 is 0 Å². The first-order valence-electron chi connectivity index (χ1n) is 4.22. The number of rotatable bonds is 2. The molecule has 1 aromatic rings. The zero-order valence-electron chi connectivity index (χ0n) is 7.84. The molecule has 2 nitrogen and oxygen atoms in total. The van der Waals surface area contributed by atoms with E-state index in [0.717, 1.165) is 5.69 Å². The predicted molar refractivity (Wildman–Crippen MR) is 52.8 cm³/mol. The highest BCUT2D eigenvalue weighted by Crippen LogP contribution is 2.13. The van der Waals surface area contributed by atoms with Gasteiger partial charge < -0.3 is 4.90 Å². The van der Waals surface area contributed by atoms with Crippen molar-refractivity contribution in [2.24, 2.45) is 0 Å². The number of benzene rings is 1. The van der Waals surface area contributed by atoms with Crippen molar-refractivity contribution in [1.29, 1.82) is 5.41 Å². The molecule has 0 unspecified atom stereocenters. The Balaban J connectivity index is 2.83. The van der Waals surface area contributed by atoms with Crippen LogP contribution in [0.3, 0.4) is 0 Å². The lowest BCUT2D eigenvalue weighted by Crippen LogP contribution is -2.24. The largest absolute Gasteiger partial charge is 0.333 e. The first-order chi connectivity index (χ1) is 6.15. The van der Waals surface area contributed by atoms with E-state index in [9.17, 15) is 4.39 Å². The van der Waals surface area contributed by atoms with Gasteiger partial charge in [0.15, 0.2) is 0 Å². The van der Waals surface area contributed by atoms with E-state index in [1.807, 2.05) is 6.92 Å². The molecule has 0 heterocycles. The SMILES string of the molecule is CCC(=N)N(C)c1ccc(F)cc1. The van der Waals surface area contributed by atoms with Crippen molar-refractivity contribution < 1.29 is 4.39 Å². The molecule has 0 spiro atoms. The summed E-state index contributed by atoms with van der Waals surface area (Å²) in [5.74, 6) is 0.270. The summed E-state index contributed by atoms with van der Waals surface area (Å²) in [5, 5.41) is 7.57. The maximum absolute atomic E-state index is 12.6. The summed E-state index contributed by atoms with van der Waals surface area (Å²) >= 11 is 0. The maximum Gasteiger partial charge on any atom is 0.123 e. The van der Waals surface area contributed by atoms with Crippen molar-refractivity contribution in [3.8, 4) is 0 Å². The number of nitrogens with one attached hydrogen (secondary N) is 1. The summed E-state index contributed by atoms with van der Waals surface area (Å²) in [4.78, 5) is 1.74. The topological polar surface area (TPSA) is 27.1 Å². The van der Waals surface area contributed by atoms with Crippen LogP contribution in [0.4, 0.5) is 10.1 Å². The molecule has 0 radical (unpaired) electrons. The van der Waals surface area contributed by atoms with E-state index >= 15 is 0 Å². The number of anilines is 1. The van der Waals surface area contributed by atoms with Gasteiger partial charge in [0.05, 0.1) is 5.84 Å². The summed E-state index contributed by atoms with van der Waals surface area (Å²) in [6.07, 6.45) is 0.674. The predicted octanol–water partition coefficient (Wildman–Crippen LogP) is 2.65. The van der Waals surface area contributed by atoms with Gasteiger partial charge in [-0.05, 0) is 24.3 Å². The second kappa shape index (κ2) is 4.03. The van der Waals surface area contributed by atoms with Gasteiger partial charge in [0, 0.05) is 19.2 Å². The summed E-state index contributed by atoms with van der Waals surface area (Å²) in [6, 6.07) is 6.13. The van der Waals surface area contributed by atoms with Crippen molar-refractivity contribution in [2.45, 2.75) is 13.3 Å². The maximum atomic E-state index is 12.6. The van der Waals surface area contributed by atoms with Crippen LogP contribution in [0.2, 0.25) is 0 Å². The van der Waals surface area contributed by atoms with Gasteiger partial charge in [-0.15, -0.1) is 0 Å². The van der Waals surface area contributed by atoms with Crippen LogP contribution in [0, 0.1) is 11.2 Å². The van der Waals surface area contributed by atoms with Gasteiger partial charge in [0.2, 0.25) is 0 Å². The molecule has 1 rings (SSSR count). The van der Waals surface area contributed by atoms with Crippen LogP contribution < -0.4 is 4.90 Å². The minimum absolute atomic E-state index is 0.250. The summed E-state index contributed by atoms with van der Waals surface area (Å²) < 4.78 is 12.6. The normalized spacial score (nSPS) is 9.77. The average Bonchev–Trinajstić information content (AvgIpc) is 2.17. The summed E-state index contributed by atoms with van der Waals surface area (Å²) in [6.45, 7) is 1.92. The highest BCUT2D eigenvalue weighted by Gasteiger charge is 2.03. The lowest BCUT2D eigenvalue weighted by molar-refractivity contribution is 0.628. The van der Waals surface area contributed by atoms with Crippen molar-refractivity contribution in [1.82, 2.24) is 0 Å². The standard InChI is InChI=1S/C10H13FN2/c1-3-10(12)13(2)9-6-4-8(11)5-7-9/h4-7,12H,3H2,1-2H3. The lowest BCUT2D eigenvalue weighted by atomic mass is 10.2. The molecule has 0 aliphatic carbocycles. The molecule has 0 aliphatic heterocycles. The molecule has 0 amide bonds. The molecule has 0 saturated heterocycles. The first-order valence-corrected chi connectivity index (χ1v) is 4.22. The molecule has 1 aromatic carbocycles. The van der Waals surface area contributed by atoms with E-state index in [-0.39, 0.29) is 5.82 Å². The molecule has 13 heavy (non-hydrogen) atoms.